The van der Waals surface area contributed by atoms with E-state index < -0.39 is 6.04 Å². The van der Waals surface area contributed by atoms with Gasteiger partial charge >= 0.3 is 6.03 Å². The number of carbonyl (C=O) groups is 2. The first-order valence-corrected chi connectivity index (χ1v) is 10.0. The van der Waals surface area contributed by atoms with Crippen LogP contribution in [0.5, 0.6) is 0 Å². The third kappa shape index (κ3) is 4.31. The van der Waals surface area contributed by atoms with Crippen LogP contribution in [0.3, 0.4) is 0 Å². The number of hydrogen-bond acceptors (Lipinski definition) is 5. The molecule has 1 fully saturated rings. The summed E-state index contributed by atoms with van der Waals surface area (Å²) in [6.07, 6.45) is 4.29. The molecule has 29 heavy (non-hydrogen) atoms. The van der Waals surface area contributed by atoms with Gasteiger partial charge < -0.3 is 20.0 Å². The molecular formula is C21H26N6O2. The number of urea groups is 1. The third-order valence-corrected chi connectivity index (χ3v) is 5.55. The fourth-order valence-electron chi connectivity index (χ4n) is 3.86. The van der Waals surface area contributed by atoms with Crippen LogP contribution in [0.2, 0.25) is 0 Å². The molecule has 2 aliphatic heterocycles. The van der Waals surface area contributed by atoms with Gasteiger partial charge in [-0.25, -0.2) is 14.8 Å². The first kappa shape index (κ1) is 19.2. The summed E-state index contributed by atoms with van der Waals surface area (Å²) in [6.45, 7) is 5.53. The second-order valence-electron chi connectivity index (χ2n) is 7.47. The molecule has 4 rings (SSSR count). The van der Waals surface area contributed by atoms with Crippen LogP contribution in [0, 0.1) is 0 Å². The number of carbonyl (C=O) groups excluding carboxylic acids is 2. The Bertz CT molecular complexity index is 866. The second kappa shape index (κ2) is 8.46. The molecule has 0 saturated carbocycles. The van der Waals surface area contributed by atoms with Crippen molar-refractivity contribution in [3.63, 3.8) is 0 Å². The predicted octanol–water partition coefficient (Wildman–Crippen LogP) is 1.28. The van der Waals surface area contributed by atoms with Gasteiger partial charge in [0.05, 0.1) is 0 Å². The second-order valence-corrected chi connectivity index (χ2v) is 7.47. The fourth-order valence-corrected chi connectivity index (χ4v) is 3.86. The number of piperazine rings is 1. The van der Waals surface area contributed by atoms with Crippen LogP contribution in [-0.2, 0) is 17.8 Å². The number of rotatable bonds is 3. The van der Waals surface area contributed by atoms with E-state index in [9.17, 15) is 9.59 Å². The first-order chi connectivity index (χ1) is 14.1. The highest BCUT2D eigenvalue weighted by atomic mass is 16.2. The predicted molar refractivity (Wildman–Crippen MR) is 109 cm³/mol. The largest absolute Gasteiger partial charge is 0.337 e. The van der Waals surface area contributed by atoms with Gasteiger partial charge in [0.1, 0.15) is 6.04 Å². The molecule has 0 spiro atoms. The highest BCUT2D eigenvalue weighted by molar-refractivity contribution is 5.87. The van der Waals surface area contributed by atoms with Gasteiger partial charge in [-0.1, -0.05) is 24.3 Å². The highest BCUT2D eigenvalue weighted by Crippen LogP contribution is 2.19. The van der Waals surface area contributed by atoms with Gasteiger partial charge in [0.2, 0.25) is 11.9 Å². The van der Waals surface area contributed by atoms with Crippen molar-refractivity contribution in [3.05, 3.63) is 53.9 Å². The van der Waals surface area contributed by atoms with E-state index in [1.807, 2.05) is 17.0 Å². The van der Waals surface area contributed by atoms with E-state index >= 15 is 0 Å². The SMILES string of the molecule is C[C@H](NC(=O)N1CCN(c2ncccn2)CC1)C(=O)N1CCc2ccccc2C1. The van der Waals surface area contributed by atoms with Crippen molar-refractivity contribution in [1.82, 2.24) is 25.1 Å². The van der Waals surface area contributed by atoms with Gasteiger partial charge in [0, 0.05) is 51.7 Å². The average Bonchev–Trinajstić information content (AvgIpc) is 2.79. The number of fused-ring (bicyclic) bond motifs is 1. The van der Waals surface area contributed by atoms with Crippen molar-refractivity contribution in [3.8, 4) is 0 Å². The Morgan fingerprint density at radius 1 is 0.931 bits per heavy atom. The summed E-state index contributed by atoms with van der Waals surface area (Å²) in [5, 5.41) is 2.87. The third-order valence-electron chi connectivity index (χ3n) is 5.55. The minimum Gasteiger partial charge on any atom is -0.337 e. The van der Waals surface area contributed by atoms with Crippen LogP contribution in [-0.4, -0.2) is 70.5 Å². The van der Waals surface area contributed by atoms with Crippen LogP contribution >= 0.6 is 0 Å². The monoisotopic (exact) mass is 394 g/mol. The molecule has 0 unspecified atom stereocenters. The number of aromatic nitrogens is 2. The van der Waals surface area contributed by atoms with E-state index in [4.69, 9.17) is 0 Å². The summed E-state index contributed by atoms with van der Waals surface area (Å²) >= 11 is 0. The van der Waals surface area contributed by atoms with Crippen LogP contribution in [0.15, 0.2) is 42.7 Å². The Labute approximate surface area is 170 Å². The molecule has 1 aromatic carbocycles. The molecule has 2 aliphatic rings. The number of anilines is 1. The minimum atomic E-state index is -0.553. The maximum Gasteiger partial charge on any atom is 0.318 e. The van der Waals surface area contributed by atoms with Gasteiger partial charge in [-0.15, -0.1) is 0 Å². The van der Waals surface area contributed by atoms with E-state index in [2.05, 4.69) is 32.3 Å². The lowest BCUT2D eigenvalue weighted by molar-refractivity contribution is -0.133. The molecule has 3 amide bonds. The minimum absolute atomic E-state index is 0.0378. The van der Waals surface area contributed by atoms with Crippen molar-refractivity contribution < 1.29 is 9.59 Å². The smallest absolute Gasteiger partial charge is 0.318 e. The molecule has 0 bridgehead atoms. The molecule has 152 valence electrons. The molecule has 8 nitrogen and oxygen atoms in total. The van der Waals surface area contributed by atoms with Crippen LogP contribution in [0.1, 0.15) is 18.1 Å². The van der Waals surface area contributed by atoms with Gasteiger partial charge in [-0.05, 0) is 30.5 Å². The molecule has 1 aromatic heterocycles. The topological polar surface area (TPSA) is 81.7 Å². The molecule has 0 aliphatic carbocycles. The normalized spacial score (nSPS) is 17.5. The fraction of sp³-hybridized carbons (Fsp3) is 0.429. The van der Waals surface area contributed by atoms with Gasteiger partial charge in [-0.3, -0.25) is 4.79 Å². The molecule has 0 radical (unpaired) electrons. The summed E-state index contributed by atoms with van der Waals surface area (Å²) in [5.41, 5.74) is 2.48. The molecule has 1 N–H and O–H groups in total. The number of benzene rings is 1. The lowest BCUT2D eigenvalue weighted by atomic mass is 9.99. The lowest BCUT2D eigenvalue weighted by Crippen LogP contribution is -2.56. The molecular weight excluding hydrogens is 368 g/mol. The zero-order chi connectivity index (χ0) is 20.2. The van der Waals surface area contributed by atoms with Gasteiger partial charge in [0.15, 0.2) is 0 Å². The van der Waals surface area contributed by atoms with Crippen molar-refractivity contribution >= 4 is 17.9 Å². The van der Waals surface area contributed by atoms with E-state index in [0.717, 1.165) is 6.42 Å². The Morgan fingerprint density at radius 2 is 1.62 bits per heavy atom. The Kier molecular flexibility index (Phi) is 5.59. The van der Waals surface area contributed by atoms with E-state index in [1.54, 1.807) is 30.3 Å². The standard InChI is InChI=1S/C21H26N6O2/c1-16(19(28)27-10-7-17-5-2-3-6-18(17)15-27)24-21(29)26-13-11-25(12-14-26)20-22-8-4-9-23-20/h2-6,8-9,16H,7,10-15H2,1H3,(H,24,29)/t16-/m0/s1. The molecule has 3 heterocycles. The molecule has 8 heteroatoms. The molecule has 1 atom stereocenters. The van der Waals surface area contributed by atoms with Crippen molar-refractivity contribution in [2.45, 2.75) is 25.9 Å². The van der Waals surface area contributed by atoms with Crippen LogP contribution in [0.4, 0.5) is 10.7 Å². The summed E-state index contributed by atoms with van der Waals surface area (Å²) in [5.74, 6) is 0.644. The average molecular weight is 394 g/mol. The number of nitrogens with zero attached hydrogens (tertiary/aromatic N) is 5. The van der Waals surface area contributed by atoms with Crippen LogP contribution in [0.25, 0.3) is 0 Å². The summed E-state index contributed by atoms with van der Waals surface area (Å²) in [6, 6.07) is 9.24. The Hall–Kier alpha value is -3.16. The van der Waals surface area contributed by atoms with E-state index in [0.29, 0.717) is 45.2 Å². The highest BCUT2D eigenvalue weighted by Gasteiger charge is 2.28. The molecule has 1 saturated heterocycles. The van der Waals surface area contributed by atoms with Crippen molar-refractivity contribution in [2.75, 3.05) is 37.6 Å². The van der Waals surface area contributed by atoms with E-state index in [-0.39, 0.29) is 11.9 Å². The van der Waals surface area contributed by atoms with Crippen molar-refractivity contribution in [1.29, 1.82) is 0 Å². The van der Waals surface area contributed by atoms with Crippen molar-refractivity contribution in [2.24, 2.45) is 0 Å². The summed E-state index contributed by atoms with van der Waals surface area (Å²) in [7, 11) is 0. The Morgan fingerprint density at radius 3 is 2.34 bits per heavy atom. The lowest BCUT2D eigenvalue weighted by Gasteiger charge is -2.36. The van der Waals surface area contributed by atoms with Crippen LogP contribution < -0.4 is 10.2 Å². The number of amides is 3. The summed E-state index contributed by atoms with van der Waals surface area (Å²) in [4.78, 5) is 39.6. The number of nitrogens with one attached hydrogen (secondary N) is 1. The Balaban J connectivity index is 1.28. The van der Waals surface area contributed by atoms with Gasteiger partial charge in [-0.2, -0.15) is 0 Å². The maximum absolute atomic E-state index is 12.8. The van der Waals surface area contributed by atoms with E-state index in [1.165, 1.54) is 11.1 Å². The zero-order valence-electron chi connectivity index (χ0n) is 16.6. The quantitative estimate of drug-likeness (QED) is 0.848. The molecule has 2 aromatic rings. The first-order valence-electron chi connectivity index (χ1n) is 10.0. The number of hydrogen-bond donors (Lipinski definition) is 1. The van der Waals surface area contributed by atoms with Gasteiger partial charge in [0.25, 0.3) is 0 Å². The maximum atomic E-state index is 12.8. The zero-order valence-corrected chi connectivity index (χ0v) is 16.6. The summed E-state index contributed by atoms with van der Waals surface area (Å²) < 4.78 is 0.